The average Bonchev–Trinajstić information content (AvgIpc) is 2.74. The lowest BCUT2D eigenvalue weighted by Gasteiger charge is -2.09. The van der Waals surface area contributed by atoms with Crippen LogP contribution in [0.5, 0.6) is 11.5 Å². The Balaban J connectivity index is 1.90. The van der Waals surface area contributed by atoms with Gasteiger partial charge in [-0.1, -0.05) is 52.4 Å². The second-order valence-electron chi connectivity index (χ2n) is 7.26. The van der Waals surface area contributed by atoms with E-state index < -0.39 is 9.84 Å². The van der Waals surface area contributed by atoms with Crippen molar-refractivity contribution in [1.29, 1.82) is 0 Å². The molecule has 0 amide bonds. The van der Waals surface area contributed by atoms with Crippen LogP contribution in [-0.2, 0) is 9.84 Å². The van der Waals surface area contributed by atoms with E-state index in [2.05, 4.69) is 13.8 Å². The number of sulfone groups is 1. The van der Waals surface area contributed by atoms with Crippen LogP contribution in [0.25, 0.3) is 0 Å². The average molecular weight is 419 g/mol. The van der Waals surface area contributed by atoms with Crippen LogP contribution in [0.3, 0.4) is 0 Å². The summed E-state index contributed by atoms with van der Waals surface area (Å²) in [6.07, 6.45) is 9.15. The number of rotatable bonds is 14. The summed E-state index contributed by atoms with van der Waals surface area (Å²) in [6.45, 7) is 5.67. The predicted octanol–water partition coefficient (Wildman–Crippen LogP) is 6.44. The lowest BCUT2D eigenvalue weighted by molar-refractivity contribution is 0.305. The van der Waals surface area contributed by atoms with Crippen LogP contribution in [-0.4, -0.2) is 21.6 Å². The van der Waals surface area contributed by atoms with Gasteiger partial charge >= 0.3 is 0 Å². The monoisotopic (exact) mass is 418 g/mol. The summed E-state index contributed by atoms with van der Waals surface area (Å²) in [5.74, 6) is 1.40. The minimum atomic E-state index is -3.55. The number of ether oxygens (including phenoxy) is 2. The summed E-state index contributed by atoms with van der Waals surface area (Å²) in [5.41, 5.74) is 0. The van der Waals surface area contributed by atoms with Gasteiger partial charge in [0.25, 0.3) is 0 Å². The highest BCUT2D eigenvalue weighted by Crippen LogP contribution is 2.25. The van der Waals surface area contributed by atoms with Gasteiger partial charge in [0.05, 0.1) is 23.0 Å². The highest BCUT2D eigenvalue weighted by atomic mass is 32.2. The first kappa shape index (κ1) is 23.3. The van der Waals surface area contributed by atoms with Gasteiger partial charge < -0.3 is 9.47 Å². The molecule has 0 aliphatic carbocycles. The van der Waals surface area contributed by atoms with E-state index in [1.807, 2.05) is 0 Å². The van der Waals surface area contributed by atoms with E-state index in [1.54, 1.807) is 48.5 Å². The highest BCUT2D eigenvalue weighted by molar-refractivity contribution is 7.91. The first-order chi connectivity index (χ1) is 14.1. The summed E-state index contributed by atoms with van der Waals surface area (Å²) >= 11 is 0. The van der Waals surface area contributed by atoms with Crippen molar-refractivity contribution in [2.45, 2.75) is 75.0 Å². The van der Waals surface area contributed by atoms with Gasteiger partial charge in [-0.25, -0.2) is 8.42 Å². The lowest BCUT2D eigenvalue weighted by atomic mass is 10.2. The molecule has 2 rings (SSSR count). The maximum atomic E-state index is 12.8. The van der Waals surface area contributed by atoms with Crippen LogP contribution in [0.15, 0.2) is 58.3 Å². The number of hydrogen-bond donors (Lipinski definition) is 0. The molecule has 0 unspecified atom stereocenters. The molecule has 0 aliphatic rings. The van der Waals surface area contributed by atoms with Crippen molar-refractivity contribution in [3.8, 4) is 11.5 Å². The largest absolute Gasteiger partial charge is 0.494 e. The molecule has 29 heavy (non-hydrogen) atoms. The van der Waals surface area contributed by atoms with E-state index in [1.165, 1.54) is 25.7 Å². The molecule has 0 aromatic heterocycles. The Labute approximate surface area is 176 Å². The molecule has 0 saturated heterocycles. The Hall–Kier alpha value is -2.01. The SMILES string of the molecule is CCCCCCOc1ccc(S(=O)(=O)c2ccc(OCCCCCC)cc2)cc1. The van der Waals surface area contributed by atoms with Crippen molar-refractivity contribution in [1.82, 2.24) is 0 Å². The van der Waals surface area contributed by atoms with Crippen LogP contribution < -0.4 is 9.47 Å². The molecule has 4 nitrogen and oxygen atoms in total. The van der Waals surface area contributed by atoms with Crippen molar-refractivity contribution < 1.29 is 17.9 Å². The molecule has 2 aromatic carbocycles. The van der Waals surface area contributed by atoms with E-state index in [-0.39, 0.29) is 9.79 Å². The Bertz CT molecular complexity index is 732. The second-order valence-corrected chi connectivity index (χ2v) is 9.21. The third-order valence-corrected chi connectivity index (χ3v) is 6.59. The smallest absolute Gasteiger partial charge is 0.206 e. The molecule has 160 valence electrons. The molecule has 0 N–H and O–H groups in total. The molecule has 0 fully saturated rings. The molecule has 2 aromatic rings. The van der Waals surface area contributed by atoms with E-state index in [0.717, 1.165) is 25.7 Å². The van der Waals surface area contributed by atoms with E-state index in [0.29, 0.717) is 24.7 Å². The van der Waals surface area contributed by atoms with Gasteiger partial charge in [0.15, 0.2) is 0 Å². The molecular formula is C24H34O4S. The molecule has 0 atom stereocenters. The number of hydrogen-bond acceptors (Lipinski definition) is 4. The summed E-state index contributed by atoms with van der Waals surface area (Å²) in [7, 11) is -3.55. The standard InChI is InChI=1S/C24H34O4S/c1-3-5-7-9-19-27-21-11-15-23(16-12-21)29(25,26)24-17-13-22(14-18-24)28-20-10-8-6-4-2/h11-18H,3-10,19-20H2,1-2H3. The van der Waals surface area contributed by atoms with Crippen molar-refractivity contribution in [3.63, 3.8) is 0 Å². The molecule has 0 heterocycles. The third-order valence-electron chi connectivity index (χ3n) is 4.80. The van der Waals surface area contributed by atoms with Crippen LogP contribution in [0, 0.1) is 0 Å². The van der Waals surface area contributed by atoms with E-state index in [4.69, 9.17) is 9.47 Å². The molecule has 5 heteroatoms. The predicted molar refractivity (Wildman–Crippen MR) is 118 cm³/mol. The Morgan fingerprint density at radius 1 is 0.586 bits per heavy atom. The van der Waals surface area contributed by atoms with Crippen molar-refractivity contribution in [3.05, 3.63) is 48.5 Å². The van der Waals surface area contributed by atoms with Gasteiger partial charge in [-0.2, -0.15) is 0 Å². The van der Waals surface area contributed by atoms with Gasteiger partial charge in [-0.05, 0) is 61.4 Å². The fourth-order valence-corrected chi connectivity index (χ4v) is 4.26. The zero-order valence-electron chi connectivity index (χ0n) is 17.7. The minimum absolute atomic E-state index is 0.268. The van der Waals surface area contributed by atoms with Crippen LogP contribution in [0.4, 0.5) is 0 Å². The topological polar surface area (TPSA) is 52.6 Å². The first-order valence-electron chi connectivity index (χ1n) is 10.8. The zero-order valence-corrected chi connectivity index (χ0v) is 18.5. The molecule has 0 radical (unpaired) electrons. The second kappa shape index (κ2) is 12.5. The first-order valence-corrected chi connectivity index (χ1v) is 12.3. The van der Waals surface area contributed by atoms with Gasteiger partial charge in [0.1, 0.15) is 11.5 Å². The maximum absolute atomic E-state index is 12.8. The lowest BCUT2D eigenvalue weighted by Crippen LogP contribution is -2.03. The van der Waals surface area contributed by atoms with Crippen molar-refractivity contribution in [2.75, 3.05) is 13.2 Å². The van der Waals surface area contributed by atoms with Gasteiger partial charge in [0, 0.05) is 0 Å². The Morgan fingerprint density at radius 2 is 0.966 bits per heavy atom. The number of unbranched alkanes of at least 4 members (excludes halogenated alkanes) is 6. The van der Waals surface area contributed by atoms with Gasteiger partial charge in [0.2, 0.25) is 9.84 Å². The number of benzene rings is 2. The summed E-state index contributed by atoms with van der Waals surface area (Å²) in [6, 6.07) is 13.3. The van der Waals surface area contributed by atoms with Crippen molar-refractivity contribution in [2.24, 2.45) is 0 Å². The molecule has 0 bridgehead atoms. The normalized spacial score (nSPS) is 11.4. The third kappa shape index (κ3) is 7.73. The van der Waals surface area contributed by atoms with Crippen LogP contribution in [0.1, 0.15) is 65.2 Å². The van der Waals surface area contributed by atoms with E-state index >= 15 is 0 Å². The fraction of sp³-hybridized carbons (Fsp3) is 0.500. The van der Waals surface area contributed by atoms with Crippen molar-refractivity contribution >= 4 is 9.84 Å². The highest BCUT2D eigenvalue weighted by Gasteiger charge is 2.17. The molecule has 0 saturated carbocycles. The summed E-state index contributed by atoms with van der Waals surface area (Å²) < 4.78 is 37.1. The molecular weight excluding hydrogens is 384 g/mol. The van der Waals surface area contributed by atoms with Gasteiger partial charge in [-0.15, -0.1) is 0 Å². The van der Waals surface area contributed by atoms with Crippen LogP contribution >= 0.6 is 0 Å². The van der Waals surface area contributed by atoms with Crippen LogP contribution in [0.2, 0.25) is 0 Å². The molecule has 0 aliphatic heterocycles. The minimum Gasteiger partial charge on any atom is -0.494 e. The Kier molecular flexibility index (Phi) is 10.1. The van der Waals surface area contributed by atoms with E-state index in [9.17, 15) is 8.42 Å². The quantitative estimate of drug-likeness (QED) is 0.331. The fourth-order valence-electron chi connectivity index (χ4n) is 3.00. The Morgan fingerprint density at radius 3 is 1.31 bits per heavy atom. The molecule has 0 spiro atoms. The van der Waals surface area contributed by atoms with Gasteiger partial charge in [-0.3, -0.25) is 0 Å². The summed E-state index contributed by atoms with van der Waals surface area (Å²) in [4.78, 5) is 0.535. The zero-order chi connectivity index (χ0) is 21.0. The summed E-state index contributed by atoms with van der Waals surface area (Å²) in [5, 5.41) is 0. The maximum Gasteiger partial charge on any atom is 0.206 e.